The van der Waals surface area contributed by atoms with Crippen molar-refractivity contribution in [3.63, 3.8) is 0 Å². The minimum Gasteiger partial charge on any atom is -0.431 e. The lowest BCUT2D eigenvalue weighted by Crippen LogP contribution is -2.33. The Bertz CT molecular complexity index is 251. The van der Waals surface area contributed by atoms with E-state index in [2.05, 4.69) is 35.7 Å². The Hall–Kier alpha value is -0.182. The second-order valence-electron chi connectivity index (χ2n) is 2.22. The molecule has 2 nitrogen and oxygen atoms in total. The monoisotopic (exact) mass is 218 g/mol. The molecule has 6 heteroatoms. The van der Waals surface area contributed by atoms with E-state index in [0.717, 1.165) is 0 Å². The number of hydrogen-bond donors (Lipinski definition) is 0. The van der Waals surface area contributed by atoms with Crippen LogP contribution in [-0.2, 0) is 0 Å². The summed E-state index contributed by atoms with van der Waals surface area (Å²) >= 11 is 0. The van der Waals surface area contributed by atoms with Crippen LogP contribution in [0.3, 0.4) is 0 Å². The van der Waals surface area contributed by atoms with Gasteiger partial charge in [-0.25, -0.2) is 0 Å². The van der Waals surface area contributed by atoms with Crippen LogP contribution >= 0.6 is 0 Å². The van der Waals surface area contributed by atoms with Gasteiger partial charge in [0.1, 0.15) is 18.4 Å². The number of hydrogen-bond acceptors (Lipinski definition) is 2. The zero-order valence-corrected chi connectivity index (χ0v) is 10.6. The smallest absolute Gasteiger partial charge is 0.143 e. The molecule has 0 bridgehead atoms. The molecule has 0 aliphatic heterocycles. The summed E-state index contributed by atoms with van der Waals surface area (Å²) < 4.78 is 2.19. The van der Waals surface area contributed by atoms with Crippen molar-refractivity contribution in [3.05, 3.63) is 24.0 Å². The molecule has 1 heterocycles. The maximum Gasteiger partial charge on any atom is 0.143 e. The fourth-order valence-corrected chi connectivity index (χ4v) is 4.51. The van der Waals surface area contributed by atoms with Crippen molar-refractivity contribution in [2.75, 3.05) is 4.23 Å². The molecule has 1 aromatic heterocycles. The lowest BCUT2D eigenvalue weighted by Gasteiger charge is -2.21. The van der Waals surface area contributed by atoms with Crippen molar-refractivity contribution >= 4 is 43.6 Å². The average molecular weight is 218 g/mol. The Morgan fingerprint density at radius 2 is 2.08 bits per heavy atom. The van der Waals surface area contributed by atoms with Crippen molar-refractivity contribution in [1.82, 2.24) is 4.98 Å². The number of rotatable bonds is 3. The van der Waals surface area contributed by atoms with E-state index in [9.17, 15) is 0 Å². The highest BCUT2D eigenvalue weighted by molar-refractivity contribution is 7.05. The lowest BCUT2D eigenvalue weighted by atomic mass is 10.3. The average Bonchev–Trinajstić information content (AvgIpc) is 2.10. The Labute approximate surface area is 84.0 Å². The van der Waals surface area contributed by atoms with Gasteiger partial charge in [-0.05, 0) is 18.6 Å². The SMILES string of the molecule is Cc1ccncc1N([Si][Si])[Si][Si]. The van der Waals surface area contributed by atoms with E-state index in [1.165, 1.54) is 11.3 Å². The highest BCUT2D eigenvalue weighted by atomic mass is 29.2. The topological polar surface area (TPSA) is 16.1 Å². The molecule has 1 rings (SSSR count). The van der Waals surface area contributed by atoms with E-state index in [1.807, 2.05) is 18.5 Å². The molecule has 0 saturated carbocycles. The predicted molar refractivity (Wildman–Crippen MR) is 54.5 cm³/mol. The van der Waals surface area contributed by atoms with Crippen LogP contribution in [0.5, 0.6) is 0 Å². The largest absolute Gasteiger partial charge is 0.431 e. The van der Waals surface area contributed by atoms with Crippen LogP contribution in [0.2, 0.25) is 0 Å². The second kappa shape index (κ2) is 4.75. The number of anilines is 1. The Morgan fingerprint density at radius 1 is 1.42 bits per heavy atom. The maximum atomic E-state index is 4.09. The molecule has 0 atom stereocenters. The van der Waals surface area contributed by atoms with Gasteiger partial charge in [-0.15, -0.1) is 0 Å². The predicted octanol–water partition coefficient (Wildman–Crippen LogP) is -0.398. The Balaban J connectivity index is 2.92. The third-order valence-corrected chi connectivity index (χ3v) is 5.76. The summed E-state index contributed by atoms with van der Waals surface area (Å²) in [6.45, 7) is 2.09. The molecule has 0 amide bonds. The Kier molecular flexibility index (Phi) is 3.92. The minimum atomic E-state index is 0.585. The van der Waals surface area contributed by atoms with Crippen molar-refractivity contribution in [2.45, 2.75) is 6.92 Å². The van der Waals surface area contributed by atoms with Gasteiger partial charge in [0.25, 0.3) is 0 Å². The van der Waals surface area contributed by atoms with Crippen LogP contribution in [0, 0.1) is 6.92 Å². The number of nitrogens with zero attached hydrogens (tertiary/aromatic N) is 2. The molecule has 10 radical (unpaired) electrons. The third kappa shape index (κ3) is 2.16. The van der Waals surface area contributed by atoms with Crippen LogP contribution < -0.4 is 4.23 Å². The van der Waals surface area contributed by atoms with E-state index in [1.54, 1.807) is 0 Å². The van der Waals surface area contributed by atoms with E-state index in [4.69, 9.17) is 0 Å². The summed E-state index contributed by atoms with van der Waals surface area (Å²) in [7, 11) is 8.16. The van der Waals surface area contributed by atoms with Crippen molar-refractivity contribution in [3.8, 4) is 0 Å². The van der Waals surface area contributed by atoms with Crippen molar-refractivity contribution < 1.29 is 0 Å². The van der Waals surface area contributed by atoms with E-state index < -0.39 is 0 Å². The van der Waals surface area contributed by atoms with Gasteiger partial charge in [0.15, 0.2) is 0 Å². The highest BCUT2D eigenvalue weighted by Crippen LogP contribution is 2.14. The van der Waals surface area contributed by atoms with E-state index in [-0.39, 0.29) is 0 Å². The molecule has 0 aliphatic carbocycles. The van der Waals surface area contributed by atoms with Crippen LogP contribution in [-0.4, -0.2) is 42.9 Å². The van der Waals surface area contributed by atoms with Gasteiger partial charge >= 0.3 is 0 Å². The molecule has 12 heavy (non-hydrogen) atoms. The van der Waals surface area contributed by atoms with Gasteiger partial charge in [0.05, 0.1) is 0 Å². The third-order valence-electron chi connectivity index (χ3n) is 1.48. The molecule has 0 unspecified atom stereocenters. The molecule has 0 N–H and O–H groups in total. The molecular weight excluding hydrogens is 212 g/mol. The molecule has 0 aliphatic rings. The van der Waals surface area contributed by atoms with Gasteiger partial charge in [0, 0.05) is 37.6 Å². The quantitative estimate of drug-likeness (QED) is 0.642. The molecule has 56 valence electrons. The summed E-state index contributed by atoms with van der Waals surface area (Å²) in [6.07, 6.45) is 3.69. The summed E-state index contributed by atoms with van der Waals surface area (Å²) in [4.78, 5) is 4.09. The van der Waals surface area contributed by atoms with Gasteiger partial charge < -0.3 is 4.23 Å². The second-order valence-corrected chi connectivity index (χ2v) is 5.35. The van der Waals surface area contributed by atoms with Gasteiger partial charge in [0.2, 0.25) is 0 Å². The van der Waals surface area contributed by atoms with Crippen molar-refractivity contribution in [1.29, 1.82) is 0 Å². The summed E-state index contributed by atoms with van der Waals surface area (Å²) in [5.41, 5.74) is 2.43. The molecule has 0 saturated heterocycles. The summed E-state index contributed by atoms with van der Waals surface area (Å²) in [6, 6.07) is 2.01. The first kappa shape index (κ1) is 9.90. The minimum absolute atomic E-state index is 0.585. The van der Waals surface area contributed by atoms with E-state index >= 15 is 0 Å². The normalized spacial score (nSPS) is 9.92. The molecule has 0 fully saturated rings. The van der Waals surface area contributed by atoms with Crippen LogP contribution in [0.1, 0.15) is 5.56 Å². The maximum absolute atomic E-state index is 4.09. The van der Waals surface area contributed by atoms with Gasteiger partial charge in [-0.2, -0.15) is 0 Å². The Morgan fingerprint density at radius 3 is 2.58 bits per heavy atom. The lowest BCUT2D eigenvalue weighted by molar-refractivity contribution is 1.27. The molecular formula is C6H6N2Si4. The first-order valence-electron chi connectivity index (χ1n) is 3.35. The first-order valence-corrected chi connectivity index (χ1v) is 8.24. The summed E-state index contributed by atoms with van der Waals surface area (Å²) in [5, 5.41) is 0. The molecule has 0 spiro atoms. The molecule has 0 aromatic carbocycles. The van der Waals surface area contributed by atoms with Crippen LogP contribution in [0.25, 0.3) is 0 Å². The highest BCUT2D eigenvalue weighted by Gasteiger charge is 2.04. The number of pyridine rings is 1. The fourth-order valence-electron chi connectivity index (χ4n) is 0.838. The van der Waals surface area contributed by atoms with Gasteiger partial charge in [-0.1, -0.05) is 0 Å². The molecule has 1 aromatic rings. The standard InChI is InChI=1S/C6H6N2Si4/c1-5-2-3-7-4-6(5)8(11-9)12-10/h2-4H,1H3. The fraction of sp³-hybridized carbons (Fsp3) is 0.167. The van der Waals surface area contributed by atoms with Gasteiger partial charge in [-0.3, -0.25) is 4.98 Å². The number of aromatic nitrogens is 1. The number of aryl methyl sites for hydroxylation is 1. The van der Waals surface area contributed by atoms with E-state index in [0.29, 0.717) is 18.4 Å². The van der Waals surface area contributed by atoms with Crippen LogP contribution in [0.15, 0.2) is 18.5 Å². The van der Waals surface area contributed by atoms with Crippen molar-refractivity contribution in [2.24, 2.45) is 0 Å². The zero-order chi connectivity index (χ0) is 8.97. The summed E-state index contributed by atoms with van der Waals surface area (Å²) in [5.74, 6) is 0. The van der Waals surface area contributed by atoms with Crippen LogP contribution in [0.4, 0.5) is 5.69 Å². The first-order chi connectivity index (χ1) is 5.79. The zero-order valence-electron chi connectivity index (χ0n) is 6.63.